The van der Waals surface area contributed by atoms with Crippen LogP contribution in [0.15, 0.2) is 59.2 Å². The van der Waals surface area contributed by atoms with Crippen LogP contribution in [0.2, 0.25) is 0 Å². The first-order chi connectivity index (χ1) is 13.5. The number of aromatic nitrogens is 2. The lowest BCUT2D eigenvalue weighted by molar-refractivity contribution is -0.120. The standard InChI is InChI=1S/C20H17BrN4O3/c21-13-3-5-14(6-4-13)25-20-17(10-23-25)16(9-19(27)24-20)12-1-7-15(8-2-12)28-11-18(22)26/h1-8,10,16H,9,11H2,(H2,22,26)(H,24,27)/t16-/m0/s1. The zero-order valence-electron chi connectivity index (χ0n) is 14.8. The van der Waals surface area contributed by atoms with Gasteiger partial charge in [-0.25, -0.2) is 4.68 Å². The molecule has 0 radical (unpaired) electrons. The molecule has 0 saturated carbocycles. The van der Waals surface area contributed by atoms with Crippen LogP contribution in [0.3, 0.4) is 0 Å². The summed E-state index contributed by atoms with van der Waals surface area (Å²) < 4.78 is 8.00. The molecule has 2 amide bonds. The summed E-state index contributed by atoms with van der Waals surface area (Å²) in [6, 6.07) is 15.0. The molecule has 2 heterocycles. The maximum absolute atomic E-state index is 12.4. The molecule has 142 valence electrons. The minimum atomic E-state index is -0.530. The largest absolute Gasteiger partial charge is 0.484 e. The lowest BCUT2D eigenvalue weighted by Crippen LogP contribution is -2.24. The number of benzene rings is 2. The van der Waals surface area contributed by atoms with Gasteiger partial charge in [0.05, 0.1) is 11.9 Å². The third-order valence-electron chi connectivity index (χ3n) is 4.56. The number of hydrogen-bond acceptors (Lipinski definition) is 4. The number of amides is 2. The van der Waals surface area contributed by atoms with Gasteiger partial charge in [-0.1, -0.05) is 28.1 Å². The summed E-state index contributed by atoms with van der Waals surface area (Å²) in [5.74, 6) is 0.521. The Morgan fingerprint density at radius 2 is 1.93 bits per heavy atom. The van der Waals surface area contributed by atoms with E-state index in [1.807, 2.05) is 36.4 Å². The number of rotatable bonds is 5. The predicted molar refractivity (Wildman–Crippen MR) is 107 cm³/mol. The molecule has 0 aliphatic carbocycles. The van der Waals surface area contributed by atoms with E-state index in [0.29, 0.717) is 18.0 Å². The summed E-state index contributed by atoms with van der Waals surface area (Å²) in [7, 11) is 0. The van der Waals surface area contributed by atoms with Gasteiger partial charge < -0.3 is 15.8 Å². The summed E-state index contributed by atoms with van der Waals surface area (Å²) in [4.78, 5) is 23.2. The smallest absolute Gasteiger partial charge is 0.255 e. The molecule has 0 spiro atoms. The normalized spacial score (nSPS) is 15.6. The number of nitrogens with two attached hydrogens (primary N) is 1. The van der Waals surface area contributed by atoms with Crippen LogP contribution in [0.25, 0.3) is 5.69 Å². The molecule has 1 aromatic heterocycles. The molecule has 0 saturated heterocycles. The zero-order chi connectivity index (χ0) is 19.7. The molecule has 0 unspecified atom stereocenters. The molecule has 8 heteroatoms. The Bertz CT molecular complexity index is 1030. The second-order valence-electron chi connectivity index (χ2n) is 6.47. The highest BCUT2D eigenvalue weighted by Gasteiger charge is 2.30. The van der Waals surface area contributed by atoms with Crippen LogP contribution in [-0.2, 0) is 9.59 Å². The fraction of sp³-hybridized carbons (Fsp3) is 0.150. The van der Waals surface area contributed by atoms with Gasteiger partial charge in [0.1, 0.15) is 11.6 Å². The van der Waals surface area contributed by atoms with Crippen molar-refractivity contribution in [2.45, 2.75) is 12.3 Å². The van der Waals surface area contributed by atoms with Crippen LogP contribution in [-0.4, -0.2) is 28.2 Å². The van der Waals surface area contributed by atoms with E-state index in [0.717, 1.165) is 21.3 Å². The monoisotopic (exact) mass is 440 g/mol. The molecule has 1 aliphatic heterocycles. The maximum atomic E-state index is 12.4. The van der Waals surface area contributed by atoms with E-state index >= 15 is 0 Å². The van der Waals surface area contributed by atoms with Gasteiger partial charge in [-0.3, -0.25) is 9.59 Å². The topological polar surface area (TPSA) is 99.2 Å². The van der Waals surface area contributed by atoms with E-state index in [1.165, 1.54) is 0 Å². The van der Waals surface area contributed by atoms with E-state index < -0.39 is 5.91 Å². The number of halogens is 1. The molecule has 0 fully saturated rings. The number of anilines is 1. The molecule has 0 bridgehead atoms. The van der Waals surface area contributed by atoms with E-state index in [2.05, 4.69) is 26.3 Å². The van der Waals surface area contributed by atoms with Gasteiger partial charge in [0.25, 0.3) is 5.91 Å². The van der Waals surface area contributed by atoms with Crippen molar-refractivity contribution in [3.8, 4) is 11.4 Å². The van der Waals surface area contributed by atoms with E-state index in [9.17, 15) is 9.59 Å². The molecule has 3 aromatic rings. The fourth-order valence-electron chi connectivity index (χ4n) is 3.25. The quantitative estimate of drug-likeness (QED) is 0.636. The molecule has 2 aromatic carbocycles. The first kappa shape index (κ1) is 18.2. The number of carbonyl (C=O) groups is 2. The van der Waals surface area contributed by atoms with E-state index in [1.54, 1.807) is 23.0 Å². The lowest BCUT2D eigenvalue weighted by atomic mass is 9.87. The summed E-state index contributed by atoms with van der Waals surface area (Å²) >= 11 is 3.42. The minimum Gasteiger partial charge on any atom is -0.484 e. The summed E-state index contributed by atoms with van der Waals surface area (Å²) in [5, 5.41) is 7.42. The van der Waals surface area contributed by atoms with Gasteiger partial charge >= 0.3 is 0 Å². The maximum Gasteiger partial charge on any atom is 0.255 e. The summed E-state index contributed by atoms with van der Waals surface area (Å²) in [5.41, 5.74) is 7.88. The molecule has 7 nitrogen and oxygen atoms in total. The molecule has 1 aliphatic rings. The summed E-state index contributed by atoms with van der Waals surface area (Å²) in [6.45, 7) is -0.171. The SMILES string of the molecule is NC(=O)COc1ccc([C@@H]2CC(=O)Nc3c2cnn3-c2ccc(Br)cc2)cc1. The van der Waals surface area contributed by atoms with Crippen LogP contribution >= 0.6 is 15.9 Å². The minimum absolute atomic E-state index is 0.0644. The molecule has 4 rings (SSSR count). The Morgan fingerprint density at radius 3 is 2.61 bits per heavy atom. The van der Waals surface area contributed by atoms with Crippen molar-refractivity contribution in [3.63, 3.8) is 0 Å². The number of nitrogens with one attached hydrogen (secondary N) is 1. The van der Waals surface area contributed by atoms with Crippen molar-refractivity contribution in [3.05, 3.63) is 70.3 Å². The number of primary amides is 1. The van der Waals surface area contributed by atoms with E-state index in [4.69, 9.17) is 10.5 Å². The van der Waals surface area contributed by atoms with Crippen molar-refractivity contribution in [2.75, 3.05) is 11.9 Å². The zero-order valence-corrected chi connectivity index (χ0v) is 16.3. The number of hydrogen-bond donors (Lipinski definition) is 2. The average Bonchev–Trinajstić information content (AvgIpc) is 3.10. The second-order valence-corrected chi connectivity index (χ2v) is 7.38. The van der Waals surface area contributed by atoms with Gasteiger partial charge in [0.15, 0.2) is 6.61 Å². The van der Waals surface area contributed by atoms with Gasteiger partial charge in [0, 0.05) is 22.4 Å². The average molecular weight is 441 g/mol. The lowest BCUT2D eigenvalue weighted by Gasteiger charge is -2.24. The fourth-order valence-corrected chi connectivity index (χ4v) is 3.51. The number of ether oxygens (including phenoxy) is 1. The molecular formula is C20H17BrN4O3. The molecule has 1 atom stereocenters. The van der Waals surface area contributed by atoms with Crippen molar-refractivity contribution >= 4 is 33.6 Å². The molecule has 28 heavy (non-hydrogen) atoms. The van der Waals surface area contributed by atoms with Crippen LogP contribution in [0.1, 0.15) is 23.5 Å². The van der Waals surface area contributed by atoms with Crippen LogP contribution in [0, 0.1) is 0 Å². The Morgan fingerprint density at radius 1 is 1.21 bits per heavy atom. The van der Waals surface area contributed by atoms with Crippen LogP contribution < -0.4 is 15.8 Å². The van der Waals surface area contributed by atoms with Crippen molar-refractivity contribution in [1.82, 2.24) is 9.78 Å². The summed E-state index contributed by atoms with van der Waals surface area (Å²) in [6.07, 6.45) is 2.12. The first-order valence-electron chi connectivity index (χ1n) is 8.66. The Balaban J connectivity index is 1.65. The Labute approximate surface area is 169 Å². The van der Waals surface area contributed by atoms with Gasteiger partial charge in [-0.15, -0.1) is 0 Å². The van der Waals surface area contributed by atoms with Crippen molar-refractivity contribution < 1.29 is 14.3 Å². The van der Waals surface area contributed by atoms with Crippen LogP contribution in [0.5, 0.6) is 5.75 Å². The van der Waals surface area contributed by atoms with E-state index in [-0.39, 0.29) is 18.4 Å². The highest BCUT2D eigenvalue weighted by Crippen LogP contribution is 2.38. The van der Waals surface area contributed by atoms with Gasteiger partial charge in [0.2, 0.25) is 5.91 Å². The van der Waals surface area contributed by atoms with Crippen LogP contribution in [0.4, 0.5) is 5.82 Å². The van der Waals surface area contributed by atoms with Crippen molar-refractivity contribution in [1.29, 1.82) is 0 Å². The highest BCUT2D eigenvalue weighted by molar-refractivity contribution is 9.10. The molecule has 3 N–H and O–H groups in total. The highest BCUT2D eigenvalue weighted by atomic mass is 79.9. The predicted octanol–water partition coefficient (Wildman–Crippen LogP) is 2.97. The Kier molecular flexibility index (Phi) is 4.87. The number of carbonyl (C=O) groups excluding carboxylic acids is 2. The van der Waals surface area contributed by atoms with Gasteiger partial charge in [-0.05, 0) is 42.0 Å². The van der Waals surface area contributed by atoms with Gasteiger partial charge in [-0.2, -0.15) is 5.10 Å². The third-order valence-corrected chi connectivity index (χ3v) is 5.08. The molecular weight excluding hydrogens is 424 g/mol. The Hall–Kier alpha value is -3.13. The number of fused-ring (bicyclic) bond motifs is 1. The second kappa shape index (κ2) is 7.47. The third kappa shape index (κ3) is 3.63. The number of nitrogens with zero attached hydrogens (tertiary/aromatic N) is 2. The van der Waals surface area contributed by atoms with Crippen molar-refractivity contribution in [2.24, 2.45) is 5.73 Å². The first-order valence-corrected chi connectivity index (χ1v) is 9.45.